The Bertz CT molecular complexity index is 123. The van der Waals surface area contributed by atoms with Gasteiger partial charge in [-0.1, -0.05) is 27.7 Å². The van der Waals surface area contributed by atoms with Gasteiger partial charge in [0.25, 0.3) is 0 Å². The van der Waals surface area contributed by atoms with Gasteiger partial charge < -0.3 is 10.2 Å². The Balaban J connectivity index is -0.000000180. The zero-order valence-electron chi connectivity index (χ0n) is 11.5. The monoisotopic (exact) mass is 356 g/mol. The van der Waals surface area contributed by atoms with Crippen LogP contribution in [-0.2, 0) is 0 Å². The fourth-order valence-corrected chi connectivity index (χ4v) is 0. The molecule has 2 nitrogen and oxygen atoms in total. The van der Waals surface area contributed by atoms with Gasteiger partial charge in [0.15, 0.2) is 0 Å². The van der Waals surface area contributed by atoms with Crippen molar-refractivity contribution in [2.45, 2.75) is 66.6 Å². The standard InChI is InChI=1S/2C6H14O.Sm/c2*1-5(2)6(3,4)7;/h2*5,7H,1-4H3;. The summed E-state index contributed by atoms with van der Waals surface area (Å²) >= 11 is 0. The Kier molecular flexibility index (Phi) is 12.0. The van der Waals surface area contributed by atoms with Crippen molar-refractivity contribution in [2.24, 2.45) is 11.8 Å². The van der Waals surface area contributed by atoms with Crippen LogP contribution in [0.4, 0.5) is 0 Å². The van der Waals surface area contributed by atoms with E-state index in [1.807, 2.05) is 55.4 Å². The minimum Gasteiger partial charge on any atom is -0.390 e. The fourth-order valence-electron chi connectivity index (χ4n) is 0. The zero-order valence-corrected chi connectivity index (χ0v) is 14.1. The van der Waals surface area contributed by atoms with Crippen LogP contribution in [0.5, 0.6) is 0 Å². The van der Waals surface area contributed by atoms with Crippen molar-refractivity contribution in [1.82, 2.24) is 0 Å². The zero-order chi connectivity index (χ0) is 12.2. The SMILES string of the molecule is CC(C)C(C)(C)O.CC(C)C(C)(C)O.[Sm]. The summed E-state index contributed by atoms with van der Waals surface area (Å²) in [6.07, 6.45) is 0. The van der Waals surface area contributed by atoms with Gasteiger partial charge in [0, 0.05) is 40.4 Å². The molecule has 0 radical (unpaired) electrons. The van der Waals surface area contributed by atoms with Crippen LogP contribution in [0.2, 0.25) is 0 Å². The molecule has 0 rings (SSSR count). The molecule has 0 fully saturated rings. The predicted octanol–water partition coefficient (Wildman–Crippen LogP) is 2.83. The van der Waals surface area contributed by atoms with E-state index in [0.717, 1.165) is 0 Å². The van der Waals surface area contributed by atoms with Crippen LogP contribution in [0, 0.1) is 52.2 Å². The van der Waals surface area contributed by atoms with E-state index in [1.54, 1.807) is 0 Å². The van der Waals surface area contributed by atoms with E-state index in [1.165, 1.54) is 0 Å². The van der Waals surface area contributed by atoms with Crippen LogP contribution in [-0.4, -0.2) is 21.4 Å². The topological polar surface area (TPSA) is 40.5 Å². The van der Waals surface area contributed by atoms with E-state index < -0.39 is 11.2 Å². The largest absolute Gasteiger partial charge is 0.390 e. The Hall–Kier alpha value is 1.26. The molecule has 0 aliphatic heterocycles. The Labute approximate surface area is 128 Å². The van der Waals surface area contributed by atoms with Crippen molar-refractivity contribution in [2.75, 3.05) is 0 Å². The third-order valence-electron chi connectivity index (χ3n) is 2.83. The van der Waals surface area contributed by atoms with Crippen LogP contribution in [0.1, 0.15) is 55.4 Å². The quantitative estimate of drug-likeness (QED) is 0.800. The molecule has 0 aromatic heterocycles. The van der Waals surface area contributed by atoms with Crippen molar-refractivity contribution < 1.29 is 50.6 Å². The minimum atomic E-state index is -0.500. The Morgan fingerprint density at radius 1 is 0.667 bits per heavy atom. The molecule has 15 heavy (non-hydrogen) atoms. The maximum Gasteiger partial charge on any atom is 0.0614 e. The first-order valence-corrected chi connectivity index (χ1v) is 5.33. The maximum atomic E-state index is 9.09. The van der Waals surface area contributed by atoms with Crippen LogP contribution < -0.4 is 0 Å². The van der Waals surface area contributed by atoms with E-state index in [9.17, 15) is 0 Å². The average Bonchev–Trinajstić information content (AvgIpc) is 1.83. The molecule has 0 aliphatic carbocycles. The third-order valence-corrected chi connectivity index (χ3v) is 2.83. The van der Waals surface area contributed by atoms with Gasteiger partial charge in [-0.25, -0.2) is 0 Å². The summed E-state index contributed by atoms with van der Waals surface area (Å²) in [5.74, 6) is 0.708. The second-order valence-electron chi connectivity index (χ2n) is 5.62. The second-order valence-corrected chi connectivity index (χ2v) is 5.62. The molecule has 0 saturated carbocycles. The summed E-state index contributed by atoms with van der Waals surface area (Å²) in [7, 11) is 0. The molecule has 0 saturated heterocycles. The maximum absolute atomic E-state index is 9.09. The molecule has 0 heterocycles. The van der Waals surface area contributed by atoms with Crippen molar-refractivity contribution in [3.8, 4) is 0 Å². The van der Waals surface area contributed by atoms with Gasteiger partial charge in [0.2, 0.25) is 0 Å². The number of hydrogen-bond acceptors (Lipinski definition) is 2. The molecule has 0 aromatic carbocycles. The van der Waals surface area contributed by atoms with E-state index in [4.69, 9.17) is 10.2 Å². The van der Waals surface area contributed by atoms with Crippen molar-refractivity contribution in [3.05, 3.63) is 0 Å². The molecule has 0 atom stereocenters. The van der Waals surface area contributed by atoms with Crippen LogP contribution >= 0.6 is 0 Å². The smallest absolute Gasteiger partial charge is 0.0614 e. The van der Waals surface area contributed by atoms with Crippen LogP contribution in [0.25, 0.3) is 0 Å². The van der Waals surface area contributed by atoms with Gasteiger partial charge in [-0.2, -0.15) is 0 Å². The summed E-state index contributed by atoms with van der Waals surface area (Å²) < 4.78 is 0. The van der Waals surface area contributed by atoms with E-state index >= 15 is 0 Å². The Morgan fingerprint density at radius 2 is 0.733 bits per heavy atom. The number of rotatable bonds is 2. The first kappa shape index (κ1) is 21.5. The van der Waals surface area contributed by atoms with Gasteiger partial charge in [0.1, 0.15) is 0 Å². The van der Waals surface area contributed by atoms with Crippen LogP contribution in [0.15, 0.2) is 0 Å². The van der Waals surface area contributed by atoms with Crippen molar-refractivity contribution in [1.29, 1.82) is 0 Å². The molecule has 0 amide bonds. The Morgan fingerprint density at radius 3 is 0.733 bits per heavy atom. The molecular weight excluding hydrogens is 326 g/mol. The molecule has 0 unspecified atom stereocenters. The molecule has 94 valence electrons. The summed E-state index contributed by atoms with van der Waals surface area (Å²) in [5.41, 5.74) is -1.00. The predicted molar refractivity (Wildman–Crippen MR) is 62.3 cm³/mol. The molecular formula is C12H28O2Sm. The summed E-state index contributed by atoms with van der Waals surface area (Å²) in [6.45, 7) is 15.3. The van der Waals surface area contributed by atoms with Gasteiger partial charge in [-0.05, 0) is 39.5 Å². The fraction of sp³-hybridized carbons (Fsp3) is 1.00. The molecule has 2 N–H and O–H groups in total. The number of hydrogen-bond donors (Lipinski definition) is 2. The second kappa shape index (κ2) is 8.36. The normalized spacial score (nSPS) is 12.0. The van der Waals surface area contributed by atoms with Gasteiger partial charge in [0.05, 0.1) is 11.2 Å². The average molecular weight is 355 g/mol. The summed E-state index contributed by atoms with van der Waals surface area (Å²) in [5, 5.41) is 18.2. The third kappa shape index (κ3) is 15.3. The first-order valence-electron chi connectivity index (χ1n) is 5.33. The summed E-state index contributed by atoms with van der Waals surface area (Å²) in [6, 6.07) is 0. The molecule has 0 spiro atoms. The van der Waals surface area contributed by atoms with E-state index in [-0.39, 0.29) is 40.4 Å². The van der Waals surface area contributed by atoms with E-state index in [2.05, 4.69) is 0 Å². The van der Waals surface area contributed by atoms with Crippen molar-refractivity contribution >= 4 is 0 Å². The molecule has 3 heteroatoms. The van der Waals surface area contributed by atoms with Gasteiger partial charge in [-0.15, -0.1) is 0 Å². The molecule has 0 bridgehead atoms. The summed E-state index contributed by atoms with van der Waals surface area (Å²) in [4.78, 5) is 0. The van der Waals surface area contributed by atoms with E-state index in [0.29, 0.717) is 11.8 Å². The van der Waals surface area contributed by atoms with Gasteiger partial charge in [-0.3, -0.25) is 0 Å². The minimum absolute atomic E-state index is 0. The first-order chi connectivity index (χ1) is 5.89. The molecule has 0 aromatic rings. The van der Waals surface area contributed by atoms with Gasteiger partial charge >= 0.3 is 0 Å². The number of aliphatic hydroxyl groups is 2. The molecule has 0 aliphatic rings. The van der Waals surface area contributed by atoms with Crippen LogP contribution in [0.3, 0.4) is 0 Å². The van der Waals surface area contributed by atoms with Crippen molar-refractivity contribution in [3.63, 3.8) is 0 Å².